The van der Waals surface area contributed by atoms with Crippen molar-refractivity contribution in [1.29, 1.82) is 0 Å². The summed E-state index contributed by atoms with van der Waals surface area (Å²) in [6.45, 7) is 3.91. The van der Waals surface area contributed by atoms with Crippen molar-refractivity contribution in [3.05, 3.63) is 65.6 Å². The average Bonchev–Trinajstić information content (AvgIpc) is 3.44. The van der Waals surface area contributed by atoms with E-state index in [9.17, 15) is 9.18 Å². The molecule has 1 N–H and O–H groups in total. The van der Waals surface area contributed by atoms with Gasteiger partial charge >= 0.3 is 0 Å². The molecule has 1 atom stereocenters. The van der Waals surface area contributed by atoms with Crippen LogP contribution in [0, 0.1) is 18.7 Å². The van der Waals surface area contributed by atoms with Crippen LogP contribution in [0.5, 0.6) is 5.75 Å². The Bertz CT molecular complexity index is 1320. The van der Waals surface area contributed by atoms with E-state index in [2.05, 4.69) is 15.3 Å². The first-order chi connectivity index (χ1) is 16.5. The highest BCUT2D eigenvalue weighted by molar-refractivity contribution is 7.22. The molecule has 2 aromatic heterocycles. The van der Waals surface area contributed by atoms with Crippen molar-refractivity contribution in [3.63, 3.8) is 0 Å². The lowest BCUT2D eigenvalue weighted by atomic mass is 9.97. The maximum absolute atomic E-state index is 13.4. The maximum Gasteiger partial charge on any atom is 0.225 e. The van der Waals surface area contributed by atoms with E-state index >= 15 is 0 Å². The van der Waals surface area contributed by atoms with Crippen LogP contribution in [-0.4, -0.2) is 40.9 Å². The number of fused-ring (bicyclic) bond motifs is 1. The number of anilines is 1. The van der Waals surface area contributed by atoms with E-state index in [0.29, 0.717) is 13.1 Å². The predicted molar refractivity (Wildman–Crippen MR) is 131 cm³/mol. The summed E-state index contributed by atoms with van der Waals surface area (Å²) in [7, 11) is 1.63. The summed E-state index contributed by atoms with van der Waals surface area (Å²) in [5.41, 5.74) is 3.42. The number of hydrogen-bond donors (Lipinski definition) is 1. The van der Waals surface area contributed by atoms with Crippen molar-refractivity contribution in [2.45, 2.75) is 26.3 Å². The molecule has 4 aromatic rings. The number of rotatable bonds is 6. The van der Waals surface area contributed by atoms with Gasteiger partial charge in [0.25, 0.3) is 0 Å². The third-order valence-electron chi connectivity index (χ3n) is 6.11. The Hall–Kier alpha value is -3.46. The number of halogens is 1. The highest BCUT2D eigenvalue weighted by Gasteiger charge is 2.28. The molecule has 0 spiro atoms. The fourth-order valence-corrected chi connectivity index (χ4v) is 5.32. The number of methoxy groups -OCH3 is 1. The van der Waals surface area contributed by atoms with Gasteiger partial charge in [-0.2, -0.15) is 10.1 Å². The number of carbonyl (C=O) groups is 1. The summed E-state index contributed by atoms with van der Waals surface area (Å²) in [5.74, 6) is 0.455. The second-order valence-electron chi connectivity index (χ2n) is 8.48. The van der Waals surface area contributed by atoms with Crippen LogP contribution >= 0.6 is 11.3 Å². The van der Waals surface area contributed by atoms with Gasteiger partial charge in [-0.1, -0.05) is 23.5 Å². The first-order valence-corrected chi connectivity index (χ1v) is 12.1. The normalized spacial score (nSPS) is 16.1. The SMILES string of the molecule is COc1cccc(CNC(=O)C2CCCN(c3nc4c(s3)c(C)nn4-c3ccc(F)cc3)C2)c1. The molecule has 1 aliphatic heterocycles. The lowest BCUT2D eigenvalue weighted by Crippen LogP contribution is -2.43. The van der Waals surface area contributed by atoms with Gasteiger partial charge in [0.1, 0.15) is 11.6 Å². The van der Waals surface area contributed by atoms with Crippen LogP contribution in [0.1, 0.15) is 24.1 Å². The van der Waals surface area contributed by atoms with E-state index in [0.717, 1.165) is 57.6 Å². The van der Waals surface area contributed by atoms with Crippen LogP contribution in [-0.2, 0) is 11.3 Å². The quantitative estimate of drug-likeness (QED) is 0.442. The van der Waals surface area contributed by atoms with Crippen LogP contribution in [0.3, 0.4) is 0 Å². The minimum atomic E-state index is -0.285. The average molecular weight is 480 g/mol. The standard InChI is InChI=1S/C25H26FN5O2S/c1-16-22-23(31(29-16)20-10-8-19(26)9-11-20)28-25(34-22)30-12-4-6-18(15-30)24(32)27-14-17-5-3-7-21(13-17)33-2/h3,5,7-11,13,18H,4,6,12,14-15H2,1-2H3,(H,27,32). The lowest BCUT2D eigenvalue weighted by molar-refractivity contribution is -0.125. The molecule has 0 aliphatic carbocycles. The van der Waals surface area contributed by atoms with Crippen molar-refractivity contribution in [2.75, 3.05) is 25.1 Å². The van der Waals surface area contributed by atoms with Crippen LogP contribution in [0.4, 0.5) is 9.52 Å². The number of thiazole rings is 1. The summed E-state index contributed by atoms with van der Waals surface area (Å²) < 4.78 is 21.4. The van der Waals surface area contributed by atoms with Gasteiger partial charge in [-0.3, -0.25) is 4.79 Å². The van der Waals surface area contributed by atoms with Crippen molar-refractivity contribution in [1.82, 2.24) is 20.1 Å². The molecule has 9 heteroatoms. The molecule has 1 amide bonds. The summed E-state index contributed by atoms with van der Waals surface area (Å²) in [4.78, 5) is 20.0. The summed E-state index contributed by atoms with van der Waals surface area (Å²) in [6, 6.07) is 14.0. The number of aromatic nitrogens is 3. The number of nitrogens with one attached hydrogen (secondary N) is 1. The summed E-state index contributed by atoms with van der Waals surface area (Å²) >= 11 is 1.59. The zero-order chi connectivity index (χ0) is 23.7. The highest BCUT2D eigenvalue weighted by atomic mass is 32.1. The third-order valence-corrected chi connectivity index (χ3v) is 7.33. The molecule has 1 fully saturated rings. The predicted octanol–water partition coefficient (Wildman–Crippen LogP) is 4.47. The fraction of sp³-hybridized carbons (Fsp3) is 0.320. The molecule has 1 unspecified atom stereocenters. The smallest absolute Gasteiger partial charge is 0.225 e. The molecule has 0 saturated carbocycles. The van der Waals surface area contributed by atoms with E-state index in [4.69, 9.17) is 9.72 Å². The molecule has 0 bridgehead atoms. The number of hydrogen-bond acceptors (Lipinski definition) is 6. The molecule has 0 radical (unpaired) electrons. The Morgan fingerprint density at radius 1 is 1.26 bits per heavy atom. The van der Waals surface area contributed by atoms with Crippen molar-refractivity contribution < 1.29 is 13.9 Å². The Balaban J connectivity index is 1.30. The van der Waals surface area contributed by atoms with Crippen molar-refractivity contribution in [2.24, 2.45) is 5.92 Å². The summed E-state index contributed by atoms with van der Waals surface area (Å²) in [6.07, 6.45) is 1.78. The van der Waals surface area contributed by atoms with Gasteiger partial charge < -0.3 is 15.0 Å². The third kappa shape index (κ3) is 4.48. The second kappa shape index (κ2) is 9.42. The van der Waals surface area contributed by atoms with Gasteiger partial charge in [0.15, 0.2) is 10.8 Å². The van der Waals surface area contributed by atoms with Gasteiger partial charge in [0, 0.05) is 19.6 Å². The number of ether oxygens (including phenoxy) is 1. The summed E-state index contributed by atoms with van der Waals surface area (Å²) in [5, 5.41) is 8.56. The van der Waals surface area contributed by atoms with Gasteiger partial charge in [0.05, 0.1) is 29.1 Å². The monoisotopic (exact) mass is 479 g/mol. The van der Waals surface area contributed by atoms with Crippen LogP contribution in [0.2, 0.25) is 0 Å². The molecule has 7 nitrogen and oxygen atoms in total. The molecule has 2 aromatic carbocycles. The van der Waals surface area contributed by atoms with Crippen LogP contribution < -0.4 is 15.0 Å². The minimum absolute atomic E-state index is 0.0577. The number of amides is 1. The molecule has 5 rings (SSSR count). The zero-order valence-corrected chi connectivity index (χ0v) is 19.9. The van der Waals surface area contributed by atoms with E-state index in [1.807, 2.05) is 31.2 Å². The number of aryl methyl sites for hydroxylation is 1. The zero-order valence-electron chi connectivity index (χ0n) is 19.1. The first kappa shape index (κ1) is 22.3. The second-order valence-corrected chi connectivity index (χ2v) is 9.45. The van der Waals surface area contributed by atoms with Crippen molar-refractivity contribution >= 4 is 32.7 Å². The van der Waals surface area contributed by atoms with Crippen LogP contribution in [0.15, 0.2) is 48.5 Å². The Morgan fingerprint density at radius 3 is 2.88 bits per heavy atom. The van der Waals surface area contributed by atoms with E-state index < -0.39 is 0 Å². The number of piperidine rings is 1. The maximum atomic E-state index is 13.4. The lowest BCUT2D eigenvalue weighted by Gasteiger charge is -2.31. The molecular weight excluding hydrogens is 453 g/mol. The molecule has 34 heavy (non-hydrogen) atoms. The molecule has 1 saturated heterocycles. The molecule has 1 aliphatic rings. The number of benzene rings is 2. The number of nitrogens with zero attached hydrogens (tertiary/aromatic N) is 4. The first-order valence-electron chi connectivity index (χ1n) is 11.3. The minimum Gasteiger partial charge on any atom is -0.497 e. The van der Waals surface area contributed by atoms with Crippen LogP contribution in [0.25, 0.3) is 16.0 Å². The van der Waals surface area contributed by atoms with Crippen molar-refractivity contribution in [3.8, 4) is 11.4 Å². The van der Waals surface area contributed by atoms with Gasteiger partial charge in [-0.05, 0) is 61.7 Å². The highest BCUT2D eigenvalue weighted by Crippen LogP contribution is 2.34. The molecular formula is C25H26FN5O2S. The largest absolute Gasteiger partial charge is 0.497 e. The van der Waals surface area contributed by atoms with E-state index in [1.54, 1.807) is 35.3 Å². The van der Waals surface area contributed by atoms with Gasteiger partial charge in [0.2, 0.25) is 5.91 Å². The topological polar surface area (TPSA) is 72.3 Å². The van der Waals surface area contributed by atoms with E-state index in [1.165, 1.54) is 12.1 Å². The Kier molecular flexibility index (Phi) is 6.19. The Morgan fingerprint density at radius 2 is 2.09 bits per heavy atom. The molecule has 3 heterocycles. The number of carbonyl (C=O) groups excluding carboxylic acids is 1. The van der Waals surface area contributed by atoms with E-state index in [-0.39, 0.29) is 17.6 Å². The molecule has 176 valence electrons. The Labute approximate surface area is 201 Å². The van der Waals surface area contributed by atoms with Gasteiger partial charge in [-0.25, -0.2) is 9.07 Å². The fourth-order valence-electron chi connectivity index (χ4n) is 4.30. The van der Waals surface area contributed by atoms with Gasteiger partial charge in [-0.15, -0.1) is 0 Å².